The molecule has 1 aliphatic heterocycles. The second kappa shape index (κ2) is 4.92. The fourth-order valence-corrected chi connectivity index (χ4v) is 2.36. The van der Waals surface area contributed by atoms with Crippen LogP contribution in [-0.4, -0.2) is 39.5 Å². The minimum absolute atomic E-state index is 0.314. The first-order chi connectivity index (χ1) is 8.85. The molecule has 4 heteroatoms. The smallest absolute Gasteiger partial charge is 0.0645 e. The summed E-state index contributed by atoms with van der Waals surface area (Å²) >= 11 is 0. The molecule has 1 aromatic heterocycles. The third kappa shape index (κ3) is 2.30. The van der Waals surface area contributed by atoms with Crippen molar-refractivity contribution < 1.29 is 5.11 Å². The molecule has 0 amide bonds. The van der Waals surface area contributed by atoms with Gasteiger partial charge in [-0.05, 0) is 23.8 Å². The van der Waals surface area contributed by atoms with Crippen LogP contribution in [0.3, 0.4) is 0 Å². The predicted octanol–water partition coefficient (Wildman–Crippen LogP) is 1.30. The number of benzene rings is 1. The highest BCUT2D eigenvalue weighted by atomic mass is 16.3. The summed E-state index contributed by atoms with van der Waals surface area (Å²) in [6.07, 6.45) is 3.72. The Labute approximate surface area is 106 Å². The van der Waals surface area contributed by atoms with E-state index < -0.39 is 0 Å². The lowest BCUT2D eigenvalue weighted by molar-refractivity contribution is 0.0479. The SMILES string of the molecule is OCC1CN(Cc2ccc(-n3cccn3)cc2)C1. The highest BCUT2D eigenvalue weighted by Gasteiger charge is 2.25. The molecule has 0 aliphatic carbocycles. The van der Waals surface area contributed by atoms with E-state index in [-0.39, 0.29) is 0 Å². The number of nitrogens with zero attached hydrogens (tertiary/aromatic N) is 3. The molecule has 0 unspecified atom stereocenters. The molecule has 1 saturated heterocycles. The van der Waals surface area contributed by atoms with Crippen molar-refractivity contribution in [3.05, 3.63) is 48.3 Å². The van der Waals surface area contributed by atoms with Gasteiger partial charge in [0.15, 0.2) is 0 Å². The summed E-state index contributed by atoms with van der Waals surface area (Å²) in [5.74, 6) is 0.480. The molecule has 1 fully saturated rings. The summed E-state index contributed by atoms with van der Waals surface area (Å²) in [6.45, 7) is 3.30. The van der Waals surface area contributed by atoms with Gasteiger partial charge in [-0.1, -0.05) is 12.1 Å². The van der Waals surface area contributed by atoms with E-state index in [0.29, 0.717) is 12.5 Å². The number of aliphatic hydroxyl groups is 1. The van der Waals surface area contributed by atoms with Gasteiger partial charge in [-0.25, -0.2) is 4.68 Å². The molecule has 0 radical (unpaired) electrons. The molecule has 94 valence electrons. The largest absolute Gasteiger partial charge is 0.396 e. The molecule has 4 nitrogen and oxygen atoms in total. The number of hydrogen-bond acceptors (Lipinski definition) is 3. The number of aromatic nitrogens is 2. The molecule has 18 heavy (non-hydrogen) atoms. The second-order valence-corrected chi connectivity index (χ2v) is 4.86. The molecule has 0 saturated carbocycles. The number of hydrogen-bond donors (Lipinski definition) is 1. The van der Waals surface area contributed by atoms with Crippen LogP contribution in [0.4, 0.5) is 0 Å². The Morgan fingerprint density at radius 2 is 2.00 bits per heavy atom. The van der Waals surface area contributed by atoms with Crippen LogP contribution in [0.5, 0.6) is 0 Å². The van der Waals surface area contributed by atoms with Gasteiger partial charge in [-0.2, -0.15) is 5.10 Å². The quantitative estimate of drug-likeness (QED) is 0.880. The van der Waals surface area contributed by atoms with Gasteiger partial charge in [0.2, 0.25) is 0 Å². The van der Waals surface area contributed by atoms with Crippen molar-refractivity contribution in [2.45, 2.75) is 6.54 Å². The van der Waals surface area contributed by atoms with Crippen LogP contribution in [0.1, 0.15) is 5.56 Å². The van der Waals surface area contributed by atoms with Crippen LogP contribution in [-0.2, 0) is 6.54 Å². The summed E-state index contributed by atoms with van der Waals surface area (Å²) in [7, 11) is 0. The Morgan fingerprint density at radius 3 is 2.61 bits per heavy atom. The third-order valence-corrected chi connectivity index (χ3v) is 3.40. The molecule has 1 aliphatic rings. The lowest BCUT2D eigenvalue weighted by Gasteiger charge is -2.38. The van der Waals surface area contributed by atoms with Crippen molar-refractivity contribution >= 4 is 0 Å². The minimum Gasteiger partial charge on any atom is -0.396 e. The molecule has 2 heterocycles. The molecule has 3 rings (SSSR count). The summed E-state index contributed by atoms with van der Waals surface area (Å²) < 4.78 is 1.86. The van der Waals surface area contributed by atoms with E-state index in [1.54, 1.807) is 6.20 Å². The minimum atomic E-state index is 0.314. The van der Waals surface area contributed by atoms with Gasteiger partial charge in [0.05, 0.1) is 5.69 Å². The van der Waals surface area contributed by atoms with Crippen molar-refractivity contribution in [2.75, 3.05) is 19.7 Å². The first-order valence-corrected chi connectivity index (χ1v) is 6.27. The Balaban J connectivity index is 1.62. The Bertz CT molecular complexity index is 486. The van der Waals surface area contributed by atoms with Crippen molar-refractivity contribution in [2.24, 2.45) is 5.92 Å². The fraction of sp³-hybridized carbons (Fsp3) is 0.357. The van der Waals surface area contributed by atoms with Gasteiger partial charge < -0.3 is 5.11 Å². The van der Waals surface area contributed by atoms with Crippen LogP contribution in [0, 0.1) is 5.92 Å². The number of rotatable bonds is 4. The zero-order chi connectivity index (χ0) is 12.4. The van der Waals surface area contributed by atoms with Gasteiger partial charge in [0.1, 0.15) is 0 Å². The zero-order valence-electron chi connectivity index (χ0n) is 10.2. The molecular formula is C14H17N3O. The van der Waals surface area contributed by atoms with Crippen molar-refractivity contribution in [1.82, 2.24) is 14.7 Å². The van der Waals surface area contributed by atoms with Crippen LogP contribution in [0.25, 0.3) is 5.69 Å². The van der Waals surface area contributed by atoms with Gasteiger partial charge in [0, 0.05) is 44.6 Å². The van der Waals surface area contributed by atoms with E-state index in [0.717, 1.165) is 25.3 Å². The maximum atomic E-state index is 8.98. The maximum absolute atomic E-state index is 8.98. The van der Waals surface area contributed by atoms with Crippen molar-refractivity contribution in [3.63, 3.8) is 0 Å². The Kier molecular flexibility index (Phi) is 3.13. The lowest BCUT2D eigenvalue weighted by atomic mass is 10.0. The number of likely N-dealkylation sites (tertiary alicyclic amines) is 1. The Morgan fingerprint density at radius 1 is 1.22 bits per heavy atom. The zero-order valence-corrected chi connectivity index (χ0v) is 10.2. The van der Waals surface area contributed by atoms with Gasteiger partial charge in [0.25, 0.3) is 0 Å². The van der Waals surface area contributed by atoms with E-state index in [9.17, 15) is 0 Å². The number of aliphatic hydroxyl groups excluding tert-OH is 1. The van der Waals surface area contributed by atoms with E-state index in [4.69, 9.17) is 5.11 Å². The fourth-order valence-electron chi connectivity index (χ4n) is 2.36. The van der Waals surface area contributed by atoms with E-state index >= 15 is 0 Å². The van der Waals surface area contributed by atoms with Crippen LogP contribution >= 0.6 is 0 Å². The molecule has 1 aromatic carbocycles. The second-order valence-electron chi connectivity index (χ2n) is 4.86. The standard InChI is InChI=1S/C14H17N3O/c18-11-13-9-16(10-13)8-12-2-4-14(5-3-12)17-7-1-6-15-17/h1-7,13,18H,8-11H2. The summed E-state index contributed by atoms with van der Waals surface area (Å²) in [6, 6.07) is 10.4. The Hall–Kier alpha value is -1.65. The summed E-state index contributed by atoms with van der Waals surface area (Å²) in [5.41, 5.74) is 2.39. The monoisotopic (exact) mass is 243 g/mol. The van der Waals surface area contributed by atoms with E-state index in [1.165, 1.54) is 5.56 Å². The average molecular weight is 243 g/mol. The van der Waals surface area contributed by atoms with Gasteiger partial charge >= 0.3 is 0 Å². The highest BCUT2D eigenvalue weighted by molar-refractivity contribution is 5.33. The van der Waals surface area contributed by atoms with Crippen LogP contribution in [0.2, 0.25) is 0 Å². The van der Waals surface area contributed by atoms with E-state index in [1.807, 2.05) is 16.9 Å². The van der Waals surface area contributed by atoms with Crippen molar-refractivity contribution in [3.8, 4) is 5.69 Å². The lowest BCUT2D eigenvalue weighted by Crippen LogP contribution is -2.47. The van der Waals surface area contributed by atoms with Gasteiger partial charge in [-0.15, -0.1) is 0 Å². The molecule has 0 spiro atoms. The molecule has 0 bridgehead atoms. The highest BCUT2D eigenvalue weighted by Crippen LogP contribution is 2.18. The van der Waals surface area contributed by atoms with Crippen molar-refractivity contribution in [1.29, 1.82) is 0 Å². The maximum Gasteiger partial charge on any atom is 0.0645 e. The molecule has 0 atom stereocenters. The predicted molar refractivity (Wildman–Crippen MR) is 69.4 cm³/mol. The van der Waals surface area contributed by atoms with Crippen LogP contribution < -0.4 is 0 Å². The first kappa shape index (κ1) is 11.4. The summed E-state index contributed by atoms with van der Waals surface area (Å²) in [5, 5.41) is 13.2. The normalized spacial score (nSPS) is 16.7. The molecular weight excluding hydrogens is 226 g/mol. The first-order valence-electron chi connectivity index (χ1n) is 6.27. The molecule has 1 N–H and O–H groups in total. The van der Waals surface area contributed by atoms with E-state index in [2.05, 4.69) is 34.3 Å². The molecule has 2 aromatic rings. The summed E-state index contributed by atoms with van der Waals surface area (Å²) in [4.78, 5) is 2.35. The van der Waals surface area contributed by atoms with Gasteiger partial charge in [-0.3, -0.25) is 4.90 Å². The topological polar surface area (TPSA) is 41.3 Å². The van der Waals surface area contributed by atoms with Crippen LogP contribution in [0.15, 0.2) is 42.7 Å². The average Bonchev–Trinajstić information content (AvgIpc) is 2.88. The third-order valence-electron chi connectivity index (χ3n) is 3.40.